The number of rotatable bonds is 8. The van der Waals surface area contributed by atoms with E-state index in [9.17, 15) is 0 Å². The molecule has 1 aliphatic carbocycles. The highest BCUT2D eigenvalue weighted by Crippen LogP contribution is 2.55. The molecule has 144 heavy (non-hydrogen) atoms. The number of hydrogen-bond acceptors (Lipinski definition) is 0. The van der Waals surface area contributed by atoms with Gasteiger partial charge in [-0.15, -0.1) is 0 Å². The summed E-state index contributed by atoms with van der Waals surface area (Å²) in [4.78, 5) is 0. The zero-order chi connectivity index (χ0) is 95.5. The second kappa shape index (κ2) is 35.2. The second-order valence-corrected chi connectivity index (χ2v) is 39.1. The summed E-state index contributed by atoms with van der Waals surface area (Å²) >= 11 is 0. The first-order valence-corrected chi connectivity index (χ1v) is 50.1. The van der Waals surface area contributed by atoms with E-state index in [4.69, 9.17) is 0 Å². The van der Waals surface area contributed by atoms with Crippen LogP contribution in [-0.4, -0.2) is 4.57 Å². The molecular formula is C143H95N. The minimum atomic E-state index is -0.0397. The zero-order valence-corrected chi connectivity index (χ0v) is 79.8. The van der Waals surface area contributed by atoms with Gasteiger partial charge >= 0.3 is 0 Å². The fraction of sp³-hybridized carbons (Fsp3) is 0.0210. The van der Waals surface area contributed by atoms with E-state index in [0.717, 1.165) is 0 Å². The van der Waals surface area contributed by atoms with Crippen molar-refractivity contribution < 1.29 is 0 Å². The summed E-state index contributed by atoms with van der Waals surface area (Å²) in [5.41, 5.74) is 26.9. The number of hydrogen-bond donors (Lipinski definition) is 0. The minimum Gasteiger partial charge on any atom is -0.309 e. The summed E-state index contributed by atoms with van der Waals surface area (Å²) in [6, 6.07) is 197. The smallest absolute Gasteiger partial charge is 0.0541 e. The van der Waals surface area contributed by atoms with Crippen LogP contribution in [0.4, 0.5) is 0 Å². The van der Waals surface area contributed by atoms with Crippen LogP contribution in [-0.2, 0) is 5.41 Å². The van der Waals surface area contributed by atoms with E-state index in [1.165, 1.54) is 278 Å². The lowest BCUT2D eigenvalue weighted by molar-refractivity contribution is 0.662. The van der Waals surface area contributed by atoms with Gasteiger partial charge in [0.1, 0.15) is 0 Å². The molecule has 0 radical (unpaired) electrons. The first-order valence-electron chi connectivity index (χ1n) is 50.1. The lowest BCUT2D eigenvalue weighted by atomic mass is 9.78. The molecule has 0 bridgehead atoms. The van der Waals surface area contributed by atoms with Gasteiger partial charge in [-0.3, -0.25) is 0 Å². The van der Waals surface area contributed by atoms with Gasteiger partial charge in [0.2, 0.25) is 0 Å². The molecule has 0 amide bonds. The first kappa shape index (κ1) is 84.8. The Morgan fingerprint density at radius 2 is 0.438 bits per heavy atom. The Bertz CT molecular complexity index is 10200. The van der Waals surface area contributed by atoms with Gasteiger partial charge in [-0.25, -0.2) is 0 Å². The highest BCUT2D eigenvalue weighted by Gasteiger charge is 2.38. The molecule has 28 aromatic carbocycles. The predicted octanol–water partition coefficient (Wildman–Crippen LogP) is 40.0. The van der Waals surface area contributed by atoms with Gasteiger partial charge in [0, 0.05) is 21.9 Å². The Labute approximate surface area is 836 Å². The highest BCUT2D eigenvalue weighted by molar-refractivity contribution is 6.28. The standard InChI is InChI=1S/C42H27N.C38H24.C33H24.C30H20/c1-2-13-31(14-3-1)43-40-21-11-10-19-36(40)39-26-29(24-25-41(39)43)32-15-6-7-17-34(32)38-27-30-23-22-28-12-4-5-16-33(28)42(30)37-20-9-8-18-35(37)38;1-2-9-27-21-28(15-13-25(27)7-1)29-16-17-31-23-32(19-18-30(31)22-29)37-24-33-20-14-26-8-3-4-10-34(26)38(33)36-12-6-5-11-35(36)37;1-33(2)30-17-8-7-13-25(30)27-15-9-16-28(32(27)33)29-20-22-19-18-21-10-3-4-11-23(21)31(22)26-14-6-5-12-24(26)29;1-3-9-21(10-4-1)24-17-15-23-16-18-25-20-28(22-11-5-2-6-12-22)26-13-7-8-14-27(26)30(25)29(23)19-24/h1-27H;1-24H;3-20H,1-2H3;1-20H. The lowest BCUT2D eigenvalue weighted by Gasteiger charge is -2.25. The van der Waals surface area contributed by atoms with Crippen LogP contribution in [0.25, 0.3) is 267 Å². The fourth-order valence-corrected chi connectivity index (χ4v) is 23.9. The van der Waals surface area contributed by atoms with Gasteiger partial charge in [-0.1, -0.05) is 475 Å². The Balaban J connectivity index is 0.0000000964. The molecule has 29 aromatic rings. The highest BCUT2D eigenvalue weighted by atomic mass is 15.0. The first-order chi connectivity index (χ1) is 71.2. The van der Waals surface area contributed by atoms with E-state index in [1.54, 1.807) is 0 Å². The molecule has 1 nitrogen and oxygen atoms in total. The molecule has 0 unspecified atom stereocenters. The molecule has 1 heteroatoms. The van der Waals surface area contributed by atoms with Crippen molar-refractivity contribution in [2.45, 2.75) is 19.3 Å². The topological polar surface area (TPSA) is 4.93 Å². The van der Waals surface area contributed by atoms with Gasteiger partial charge in [0.15, 0.2) is 0 Å². The van der Waals surface area contributed by atoms with E-state index in [1.807, 2.05) is 0 Å². The summed E-state index contributed by atoms with van der Waals surface area (Å²) in [6.45, 7) is 4.75. The van der Waals surface area contributed by atoms with E-state index in [-0.39, 0.29) is 5.41 Å². The van der Waals surface area contributed by atoms with Gasteiger partial charge in [-0.2, -0.15) is 0 Å². The van der Waals surface area contributed by atoms with Crippen LogP contribution in [0.3, 0.4) is 0 Å². The SMILES string of the molecule is CC1(C)c2ccccc2-c2cccc(-c3cc4ccc5ccccc5c4c4ccccc34)c21.c1ccc(-c2ccc3ccc4cc(-c5ccccc5)c5ccccc5c4c3c2)cc1.c1ccc(-n2c3ccccc3c3cc(-c4ccccc4-c4cc5ccc6ccccc6c5c5ccccc45)ccc32)cc1.c1ccc2cc(-c3ccc4cc(-c5cc6ccc7ccccc7c6c6ccccc56)ccc4c3)ccc2c1. The third kappa shape index (κ3) is 14.5. The van der Waals surface area contributed by atoms with Gasteiger partial charge in [0.25, 0.3) is 0 Å². The third-order valence-corrected chi connectivity index (χ3v) is 30.6. The van der Waals surface area contributed by atoms with Crippen LogP contribution in [0.2, 0.25) is 0 Å². The quantitative estimate of drug-likeness (QED) is 0.134. The van der Waals surface area contributed by atoms with Crippen molar-refractivity contribution in [1.82, 2.24) is 4.57 Å². The average molecular weight is 1830 g/mol. The summed E-state index contributed by atoms with van der Waals surface area (Å²) < 4.78 is 2.38. The Morgan fingerprint density at radius 3 is 0.972 bits per heavy atom. The molecule has 1 aliphatic rings. The van der Waals surface area contributed by atoms with Gasteiger partial charge in [0.05, 0.1) is 11.0 Å². The van der Waals surface area contributed by atoms with E-state index in [0.29, 0.717) is 0 Å². The molecular weight excluding hydrogens is 1730 g/mol. The molecule has 0 spiro atoms. The van der Waals surface area contributed by atoms with Crippen LogP contribution >= 0.6 is 0 Å². The van der Waals surface area contributed by atoms with Crippen LogP contribution < -0.4 is 0 Å². The summed E-state index contributed by atoms with van der Waals surface area (Å²) in [5.74, 6) is 0. The van der Waals surface area contributed by atoms with Crippen molar-refractivity contribution in [2.24, 2.45) is 0 Å². The van der Waals surface area contributed by atoms with Crippen molar-refractivity contribution in [3.05, 3.63) is 551 Å². The van der Waals surface area contributed by atoms with Crippen LogP contribution in [0.5, 0.6) is 0 Å². The molecule has 0 atom stereocenters. The second-order valence-electron chi connectivity index (χ2n) is 39.1. The number of fused-ring (bicyclic) bond motifs is 28. The van der Waals surface area contributed by atoms with Crippen molar-refractivity contribution in [1.29, 1.82) is 0 Å². The summed E-state index contributed by atoms with van der Waals surface area (Å²) in [6.07, 6.45) is 0. The lowest BCUT2D eigenvalue weighted by Crippen LogP contribution is -2.16. The Morgan fingerprint density at radius 1 is 0.139 bits per heavy atom. The van der Waals surface area contributed by atoms with Crippen LogP contribution in [0.15, 0.2) is 540 Å². The summed E-state index contributed by atoms with van der Waals surface area (Å²) in [7, 11) is 0. The maximum Gasteiger partial charge on any atom is 0.0541 e. The molecule has 0 aliphatic heterocycles. The van der Waals surface area contributed by atoms with Crippen molar-refractivity contribution in [3.8, 4) is 94.7 Å². The zero-order valence-electron chi connectivity index (χ0n) is 79.8. The molecule has 0 fully saturated rings. The number of nitrogens with zero attached hydrogens (tertiary/aromatic N) is 1. The molecule has 1 aromatic heterocycles. The number of benzene rings is 28. The summed E-state index contributed by atoms with van der Waals surface area (Å²) in [5, 5.41) is 38.9. The average Bonchev–Trinajstić information content (AvgIpc) is 1.66. The third-order valence-electron chi connectivity index (χ3n) is 30.6. The normalized spacial score (nSPS) is 12.2. The van der Waals surface area contributed by atoms with Crippen molar-refractivity contribution in [2.75, 3.05) is 0 Å². The van der Waals surface area contributed by atoms with E-state index >= 15 is 0 Å². The fourth-order valence-electron chi connectivity index (χ4n) is 23.9. The molecule has 0 saturated heterocycles. The number of para-hydroxylation sites is 2. The van der Waals surface area contributed by atoms with Crippen molar-refractivity contribution >= 4 is 173 Å². The number of aromatic nitrogens is 1. The molecule has 30 rings (SSSR count). The van der Waals surface area contributed by atoms with Gasteiger partial charge in [-0.05, 0) is 330 Å². The van der Waals surface area contributed by atoms with Crippen LogP contribution in [0, 0.1) is 0 Å². The Kier molecular flexibility index (Phi) is 20.7. The predicted molar refractivity (Wildman–Crippen MR) is 621 cm³/mol. The Hall–Kier alpha value is -18.4. The van der Waals surface area contributed by atoms with Gasteiger partial charge < -0.3 is 4.57 Å². The largest absolute Gasteiger partial charge is 0.309 e. The molecule has 1 heterocycles. The maximum absolute atomic E-state index is 2.42. The molecule has 672 valence electrons. The van der Waals surface area contributed by atoms with E-state index < -0.39 is 0 Å². The molecule has 0 saturated carbocycles. The minimum absolute atomic E-state index is 0.0397. The monoisotopic (exact) mass is 1830 g/mol. The van der Waals surface area contributed by atoms with Crippen molar-refractivity contribution in [3.63, 3.8) is 0 Å². The van der Waals surface area contributed by atoms with E-state index in [2.05, 4.69) is 558 Å². The maximum atomic E-state index is 2.42. The van der Waals surface area contributed by atoms with Crippen LogP contribution in [0.1, 0.15) is 25.0 Å². The molecule has 0 N–H and O–H groups in total.